The first kappa shape index (κ1) is 14.2. The SMILES string of the molecule is Cc1ccc(-c2noc(COC3CCNCC3)n2)cc1F. The lowest BCUT2D eigenvalue weighted by Gasteiger charge is -2.21. The number of aryl methyl sites for hydroxylation is 1. The molecule has 1 aliphatic rings. The second-order valence-electron chi connectivity index (χ2n) is 5.24. The maximum atomic E-state index is 13.5. The summed E-state index contributed by atoms with van der Waals surface area (Å²) in [4.78, 5) is 4.25. The molecule has 5 nitrogen and oxygen atoms in total. The zero-order valence-corrected chi connectivity index (χ0v) is 11.9. The highest BCUT2D eigenvalue weighted by Crippen LogP contribution is 2.19. The van der Waals surface area contributed by atoms with Crippen molar-refractivity contribution in [1.29, 1.82) is 0 Å². The van der Waals surface area contributed by atoms with Crippen LogP contribution in [0, 0.1) is 12.7 Å². The zero-order chi connectivity index (χ0) is 14.7. The number of nitrogens with one attached hydrogen (secondary N) is 1. The van der Waals surface area contributed by atoms with E-state index >= 15 is 0 Å². The Morgan fingerprint density at radius 1 is 1.38 bits per heavy atom. The molecule has 0 unspecified atom stereocenters. The maximum absolute atomic E-state index is 13.5. The first-order valence-electron chi connectivity index (χ1n) is 7.14. The number of nitrogens with zero attached hydrogens (tertiary/aromatic N) is 2. The number of hydrogen-bond acceptors (Lipinski definition) is 5. The van der Waals surface area contributed by atoms with Gasteiger partial charge >= 0.3 is 0 Å². The largest absolute Gasteiger partial charge is 0.368 e. The molecule has 2 heterocycles. The van der Waals surface area contributed by atoms with E-state index in [9.17, 15) is 4.39 Å². The third-order valence-electron chi connectivity index (χ3n) is 3.63. The van der Waals surface area contributed by atoms with Gasteiger partial charge in [0.2, 0.25) is 5.82 Å². The minimum absolute atomic E-state index is 0.235. The van der Waals surface area contributed by atoms with E-state index < -0.39 is 0 Å². The first-order chi connectivity index (χ1) is 10.2. The summed E-state index contributed by atoms with van der Waals surface area (Å²) in [7, 11) is 0. The summed E-state index contributed by atoms with van der Waals surface area (Å²) < 4.78 is 24.5. The molecule has 0 spiro atoms. The minimum atomic E-state index is -0.273. The molecule has 0 bridgehead atoms. The molecule has 1 saturated heterocycles. The fourth-order valence-corrected chi connectivity index (χ4v) is 2.31. The number of hydrogen-bond donors (Lipinski definition) is 1. The van der Waals surface area contributed by atoms with Gasteiger partial charge in [-0.3, -0.25) is 0 Å². The topological polar surface area (TPSA) is 60.2 Å². The van der Waals surface area contributed by atoms with Gasteiger partial charge in [-0.1, -0.05) is 17.3 Å². The summed E-state index contributed by atoms with van der Waals surface area (Å²) in [6.45, 7) is 3.96. The highest BCUT2D eigenvalue weighted by Gasteiger charge is 2.16. The van der Waals surface area contributed by atoms with Crippen LogP contribution in [0.5, 0.6) is 0 Å². The third-order valence-corrected chi connectivity index (χ3v) is 3.63. The van der Waals surface area contributed by atoms with Crippen molar-refractivity contribution in [2.24, 2.45) is 0 Å². The fraction of sp³-hybridized carbons (Fsp3) is 0.467. The average molecular weight is 291 g/mol. The van der Waals surface area contributed by atoms with Crippen LogP contribution in [0.2, 0.25) is 0 Å². The van der Waals surface area contributed by atoms with Gasteiger partial charge in [-0.15, -0.1) is 0 Å². The lowest BCUT2D eigenvalue weighted by molar-refractivity contribution is 0.00859. The van der Waals surface area contributed by atoms with Crippen molar-refractivity contribution >= 4 is 0 Å². The Kier molecular flexibility index (Phi) is 4.26. The van der Waals surface area contributed by atoms with Crippen LogP contribution in [-0.2, 0) is 11.3 Å². The zero-order valence-electron chi connectivity index (χ0n) is 11.9. The van der Waals surface area contributed by atoms with Gasteiger partial charge in [-0.05, 0) is 44.5 Å². The van der Waals surface area contributed by atoms with E-state index in [1.54, 1.807) is 19.1 Å². The van der Waals surface area contributed by atoms with Gasteiger partial charge < -0.3 is 14.6 Å². The molecule has 1 aromatic carbocycles. The molecule has 0 amide bonds. The van der Waals surface area contributed by atoms with Crippen molar-refractivity contribution in [3.63, 3.8) is 0 Å². The molecule has 3 rings (SSSR count). The van der Waals surface area contributed by atoms with E-state index in [0.717, 1.165) is 25.9 Å². The lowest BCUT2D eigenvalue weighted by atomic mass is 10.1. The summed E-state index contributed by atoms with van der Waals surface area (Å²) in [6, 6.07) is 4.89. The molecular weight excluding hydrogens is 273 g/mol. The number of benzene rings is 1. The van der Waals surface area contributed by atoms with Crippen molar-refractivity contribution in [1.82, 2.24) is 15.5 Å². The van der Waals surface area contributed by atoms with E-state index in [1.807, 2.05) is 0 Å². The van der Waals surface area contributed by atoms with Crippen molar-refractivity contribution < 1.29 is 13.7 Å². The van der Waals surface area contributed by atoms with Crippen molar-refractivity contribution in [3.8, 4) is 11.4 Å². The van der Waals surface area contributed by atoms with Gasteiger partial charge in [-0.2, -0.15) is 4.98 Å². The molecular formula is C15H18FN3O2. The molecule has 21 heavy (non-hydrogen) atoms. The van der Waals surface area contributed by atoms with E-state index in [4.69, 9.17) is 9.26 Å². The fourth-order valence-electron chi connectivity index (χ4n) is 2.31. The Bertz CT molecular complexity index is 609. The van der Waals surface area contributed by atoms with Gasteiger partial charge in [-0.25, -0.2) is 4.39 Å². The molecule has 1 aliphatic heterocycles. The Hall–Kier alpha value is -1.79. The van der Waals surface area contributed by atoms with Crippen LogP contribution < -0.4 is 5.32 Å². The highest BCUT2D eigenvalue weighted by atomic mass is 19.1. The molecule has 0 saturated carbocycles. The number of piperidine rings is 1. The normalized spacial score (nSPS) is 16.3. The van der Waals surface area contributed by atoms with E-state index in [-0.39, 0.29) is 11.9 Å². The second-order valence-corrected chi connectivity index (χ2v) is 5.24. The van der Waals surface area contributed by atoms with Crippen LogP contribution >= 0.6 is 0 Å². The molecule has 1 N–H and O–H groups in total. The van der Waals surface area contributed by atoms with Gasteiger partial charge in [0, 0.05) is 5.56 Å². The van der Waals surface area contributed by atoms with E-state index in [1.165, 1.54) is 6.07 Å². The van der Waals surface area contributed by atoms with Gasteiger partial charge in [0.05, 0.1) is 6.10 Å². The van der Waals surface area contributed by atoms with Crippen molar-refractivity contribution in [2.45, 2.75) is 32.5 Å². The second kappa shape index (κ2) is 6.32. The lowest BCUT2D eigenvalue weighted by Crippen LogP contribution is -2.32. The molecule has 1 fully saturated rings. The Balaban J connectivity index is 1.63. The molecule has 2 aromatic rings. The molecule has 112 valence electrons. The summed E-state index contributed by atoms with van der Waals surface area (Å²) >= 11 is 0. The summed E-state index contributed by atoms with van der Waals surface area (Å²) in [5.74, 6) is 0.534. The summed E-state index contributed by atoms with van der Waals surface area (Å²) in [5.41, 5.74) is 1.20. The molecule has 6 heteroatoms. The number of ether oxygens (including phenoxy) is 1. The molecule has 1 aromatic heterocycles. The monoisotopic (exact) mass is 291 g/mol. The molecule has 0 aliphatic carbocycles. The quantitative estimate of drug-likeness (QED) is 0.937. The standard InChI is InChI=1S/C15H18FN3O2/c1-10-2-3-11(8-13(10)16)15-18-14(21-19-15)9-20-12-4-6-17-7-5-12/h2-3,8,12,17H,4-7,9H2,1H3. The van der Waals surface area contributed by atoms with Crippen LogP contribution in [0.1, 0.15) is 24.3 Å². The smallest absolute Gasteiger partial charge is 0.252 e. The van der Waals surface area contributed by atoms with Gasteiger partial charge in [0.25, 0.3) is 5.89 Å². The van der Waals surface area contributed by atoms with E-state index in [0.29, 0.717) is 29.4 Å². The van der Waals surface area contributed by atoms with Gasteiger partial charge in [0.15, 0.2) is 0 Å². The maximum Gasteiger partial charge on any atom is 0.252 e. The van der Waals surface area contributed by atoms with E-state index in [2.05, 4.69) is 15.5 Å². The minimum Gasteiger partial charge on any atom is -0.368 e. The van der Waals surface area contributed by atoms with Gasteiger partial charge in [0.1, 0.15) is 12.4 Å². The average Bonchev–Trinajstić information content (AvgIpc) is 2.98. The Labute approximate surface area is 122 Å². The number of halogens is 1. The Morgan fingerprint density at radius 2 is 2.19 bits per heavy atom. The van der Waals surface area contributed by atoms with Crippen molar-refractivity contribution in [2.75, 3.05) is 13.1 Å². The number of rotatable bonds is 4. The van der Waals surface area contributed by atoms with Crippen LogP contribution in [0.3, 0.4) is 0 Å². The first-order valence-corrected chi connectivity index (χ1v) is 7.14. The molecule has 0 radical (unpaired) electrons. The summed E-state index contributed by atoms with van der Waals surface area (Å²) in [5, 5.41) is 7.16. The Morgan fingerprint density at radius 3 is 2.95 bits per heavy atom. The third kappa shape index (κ3) is 3.46. The predicted octanol–water partition coefficient (Wildman–Crippen LogP) is 2.45. The van der Waals surface area contributed by atoms with Crippen molar-refractivity contribution in [3.05, 3.63) is 35.5 Å². The van der Waals surface area contributed by atoms with Crippen LogP contribution in [-0.4, -0.2) is 29.3 Å². The number of aromatic nitrogens is 2. The molecule has 0 atom stereocenters. The van der Waals surface area contributed by atoms with Crippen LogP contribution in [0.15, 0.2) is 22.7 Å². The van der Waals surface area contributed by atoms with Crippen LogP contribution in [0.4, 0.5) is 4.39 Å². The highest BCUT2D eigenvalue weighted by molar-refractivity contribution is 5.54. The predicted molar refractivity (Wildman–Crippen MR) is 75.1 cm³/mol. The summed E-state index contributed by atoms with van der Waals surface area (Å²) in [6.07, 6.45) is 2.22. The van der Waals surface area contributed by atoms with Crippen LogP contribution in [0.25, 0.3) is 11.4 Å².